The number of anilines is 1. The fourth-order valence-electron chi connectivity index (χ4n) is 2.24. The minimum Gasteiger partial charge on any atom is -0.465 e. The van der Waals surface area contributed by atoms with Crippen LogP contribution in [0.2, 0.25) is 0 Å². The van der Waals surface area contributed by atoms with Crippen molar-refractivity contribution in [2.75, 3.05) is 4.90 Å². The molecule has 0 fully saturated rings. The van der Waals surface area contributed by atoms with Crippen molar-refractivity contribution in [1.29, 1.82) is 0 Å². The number of carboxylic acid groups (broad SMARTS) is 1. The summed E-state index contributed by atoms with van der Waals surface area (Å²) in [5, 5.41) is 13.7. The highest BCUT2D eigenvalue weighted by Crippen LogP contribution is 2.21. The average Bonchev–Trinajstić information content (AvgIpc) is 2.69. The molecular weight excluding hydrogens is 284 g/mol. The number of carbonyl (C=O) groups is 1. The first kappa shape index (κ1) is 15.8. The predicted molar refractivity (Wildman–Crippen MR) is 83.8 cm³/mol. The lowest BCUT2D eigenvalue weighted by molar-refractivity contribution is 0.195. The normalized spacial score (nSPS) is 11.5. The van der Waals surface area contributed by atoms with Gasteiger partial charge in [-0.15, -0.1) is 0 Å². The van der Waals surface area contributed by atoms with Crippen LogP contribution in [0, 0.1) is 6.92 Å². The van der Waals surface area contributed by atoms with Gasteiger partial charge in [-0.2, -0.15) is 5.10 Å². The maximum absolute atomic E-state index is 12.7. The fraction of sp³-hybridized carbons (Fsp3) is 0.400. The zero-order chi connectivity index (χ0) is 16.7. The number of aryl methyl sites for hydroxylation is 2. The van der Waals surface area contributed by atoms with E-state index >= 15 is 0 Å². The van der Waals surface area contributed by atoms with Crippen LogP contribution in [0.3, 0.4) is 0 Å². The minimum absolute atomic E-state index is 0.103. The van der Waals surface area contributed by atoms with Gasteiger partial charge in [0, 0.05) is 30.5 Å². The van der Waals surface area contributed by atoms with Crippen molar-refractivity contribution in [2.24, 2.45) is 7.05 Å². The average molecular weight is 304 g/mol. The Morgan fingerprint density at radius 3 is 2.45 bits per heavy atom. The molecule has 118 valence electrons. The molecule has 2 rings (SSSR count). The second-order valence-corrected chi connectivity index (χ2v) is 6.12. The number of nitrogens with zero attached hydrogens (tertiary/aromatic N) is 4. The van der Waals surface area contributed by atoms with Gasteiger partial charge in [0.05, 0.1) is 0 Å². The molecule has 7 heteroatoms. The maximum Gasteiger partial charge on any atom is 0.412 e. The molecule has 2 heterocycles. The summed E-state index contributed by atoms with van der Waals surface area (Å²) < 4.78 is 3.01. The Kier molecular flexibility index (Phi) is 3.83. The van der Waals surface area contributed by atoms with Crippen molar-refractivity contribution in [3.63, 3.8) is 0 Å². The smallest absolute Gasteiger partial charge is 0.412 e. The highest BCUT2D eigenvalue weighted by molar-refractivity contribution is 5.87. The van der Waals surface area contributed by atoms with E-state index in [0.717, 1.165) is 10.6 Å². The molecule has 0 aromatic carbocycles. The Bertz CT molecular complexity index is 748. The van der Waals surface area contributed by atoms with Crippen LogP contribution in [0.25, 0.3) is 5.82 Å². The molecule has 0 atom stereocenters. The van der Waals surface area contributed by atoms with E-state index in [9.17, 15) is 14.7 Å². The molecule has 7 nitrogen and oxygen atoms in total. The first-order valence-corrected chi connectivity index (χ1v) is 6.89. The van der Waals surface area contributed by atoms with Crippen LogP contribution >= 0.6 is 0 Å². The van der Waals surface area contributed by atoms with Gasteiger partial charge in [0.2, 0.25) is 0 Å². The van der Waals surface area contributed by atoms with Crippen LogP contribution in [0.15, 0.2) is 29.2 Å². The summed E-state index contributed by atoms with van der Waals surface area (Å²) in [5.41, 5.74) is -0.147. The lowest BCUT2D eigenvalue weighted by atomic mass is 10.1. The van der Waals surface area contributed by atoms with Crippen LogP contribution in [0.1, 0.15) is 26.5 Å². The summed E-state index contributed by atoms with van der Waals surface area (Å²) in [6, 6.07) is 4.92. The third-order valence-corrected chi connectivity index (χ3v) is 3.38. The van der Waals surface area contributed by atoms with Crippen molar-refractivity contribution in [3.8, 4) is 5.82 Å². The number of rotatable bonds is 2. The molecule has 0 unspecified atom stereocenters. The Labute approximate surface area is 128 Å². The third kappa shape index (κ3) is 2.74. The molecule has 0 aliphatic heterocycles. The maximum atomic E-state index is 12.7. The molecule has 0 radical (unpaired) electrons. The van der Waals surface area contributed by atoms with Crippen LogP contribution in [0.5, 0.6) is 0 Å². The Balaban J connectivity index is 2.64. The fourth-order valence-corrected chi connectivity index (χ4v) is 2.24. The first-order chi connectivity index (χ1) is 10.1. The van der Waals surface area contributed by atoms with Crippen molar-refractivity contribution in [3.05, 3.63) is 40.4 Å². The Hall–Kier alpha value is -2.57. The molecule has 2 aromatic heterocycles. The van der Waals surface area contributed by atoms with Gasteiger partial charge in [-0.05, 0) is 39.8 Å². The van der Waals surface area contributed by atoms with E-state index in [2.05, 4.69) is 5.10 Å². The van der Waals surface area contributed by atoms with Crippen LogP contribution in [-0.2, 0) is 7.05 Å². The van der Waals surface area contributed by atoms with E-state index in [0.29, 0.717) is 5.82 Å². The van der Waals surface area contributed by atoms with Crippen LogP contribution in [-0.4, -0.2) is 31.1 Å². The summed E-state index contributed by atoms with van der Waals surface area (Å²) in [4.78, 5) is 25.3. The third-order valence-electron chi connectivity index (χ3n) is 3.38. The number of hydrogen-bond donors (Lipinski definition) is 1. The number of pyridine rings is 1. The number of amides is 1. The quantitative estimate of drug-likeness (QED) is 0.922. The molecule has 1 N–H and O–H groups in total. The second-order valence-electron chi connectivity index (χ2n) is 6.12. The molecular formula is C15H20N4O3. The predicted octanol–water partition coefficient (Wildman–Crippen LogP) is 2.16. The van der Waals surface area contributed by atoms with E-state index in [1.165, 1.54) is 10.6 Å². The lowest BCUT2D eigenvalue weighted by Gasteiger charge is -2.32. The van der Waals surface area contributed by atoms with Gasteiger partial charge in [0.15, 0.2) is 5.82 Å². The number of aromatic nitrogens is 3. The van der Waals surface area contributed by atoms with Crippen LogP contribution in [0.4, 0.5) is 10.5 Å². The van der Waals surface area contributed by atoms with Gasteiger partial charge < -0.3 is 5.11 Å². The molecule has 2 aromatic rings. The molecule has 0 saturated carbocycles. The van der Waals surface area contributed by atoms with E-state index in [1.54, 1.807) is 50.8 Å². The lowest BCUT2D eigenvalue weighted by Crippen LogP contribution is -2.48. The SMILES string of the molecule is Cc1cc(-n2cccc(N(C(=O)O)C(C)(C)C)c2=O)nn1C. The largest absolute Gasteiger partial charge is 0.465 e. The van der Waals surface area contributed by atoms with E-state index in [-0.39, 0.29) is 5.69 Å². The molecule has 22 heavy (non-hydrogen) atoms. The monoisotopic (exact) mass is 304 g/mol. The second kappa shape index (κ2) is 5.32. The van der Waals surface area contributed by atoms with E-state index < -0.39 is 17.2 Å². The molecule has 0 spiro atoms. The molecule has 1 amide bonds. The molecule has 0 aliphatic rings. The highest BCUT2D eigenvalue weighted by Gasteiger charge is 2.30. The standard InChI is InChI=1S/C15H20N4O3/c1-10-9-12(16-17(10)5)18-8-6-7-11(13(18)20)19(14(21)22)15(2,3)4/h6-9H,1-5H3,(H,21,22). The summed E-state index contributed by atoms with van der Waals surface area (Å²) in [7, 11) is 1.78. The van der Waals surface area contributed by atoms with Crippen molar-refractivity contribution >= 4 is 11.8 Å². The van der Waals surface area contributed by atoms with Gasteiger partial charge in [-0.3, -0.25) is 18.9 Å². The van der Waals surface area contributed by atoms with Gasteiger partial charge >= 0.3 is 6.09 Å². The van der Waals surface area contributed by atoms with E-state index in [1.807, 2.05) is 6.92 Å². The van der Waals surface area contributed by atoms with Gasteiger partial charge in [0.25, 0.3) is 5.56 Å². The molecule has 0 bridgehead atoms. The van der Waals surface area contributed by atoms with Crippen LogP contribution < -0.4 is 10.5 Å². The Morgan fingerprint density at radius 2 is 2.00 bits per heavy atom. The van der Waals surface area contributed by atoms with Crippen molar-refractivity contribution in [1.82, 2.24) is 14.3 Å². The van der Waals surface area contributed by atoms with Gasteiger partial charge in [-0.25, -0.2) is 4.79 Å². The van der Waals surface area contributed by atoms with Gasteiger partial charge in [-0.1, -0.05) is 0 Å². The zero-order valence-corrected chi connectivity index (χ0v) is 13.4. The van der Waals surface area contributed by atoms with Gasteiger partial charge in [0.1, 0.15) is 5.69 Å². The zero-order valence-electron chi connectivity index (χ0n) is 13.4. The van der Waals surface area contributed by atoms with E-state index in [4.69, 9.17) is 0 Å². The summed E-state index contributed by atoms with van der Waals surface area (Å²) in [6.07, 6.45) is 0.413. The molecule has 0 saturated heterocycles. The molecule has 0 aliphatic carbocycles. The summed E-state index contributed by atoms with van der Waals surface area (Å²) in [5.74, 6) is 0.464. The Morgan fingerprint density at radius 1 is 1.36 bits per heavy atom. The number of hydrogen-bond acceptors (Lipinski definition) is 3. The first-order valence-electron chi connectivity index (χ1n) is 6.89. The van der Waals surface area contributed by atoms with Crippen molar-refractivity contribution in [2.45, 2.75) is 33.2 Å². The summed E-state index contributed by atoms with van der Waals surface area (Å²) in [6.45, 7) is 7.10. The summed E-state index contributed by atoms with van der Waals surface area (Å²) >= 11 is 0. The highest BCUT2D eigenvalue weighted by atomic mass is 16.4. The van der Waals surface area contributed by atoms with Crippen molar-refractivity contribution < 1.29 is 9.90 Å². The minimum atomic E-state index is -1.17. The topological polar surface area (TPSA) is 80.4 Å².